The molecule has 34 heavy (non-hydrogen) atoms. The van der Waals surface area contributed by atoms with Gasteiger partial charge in [0.05, 0.1) is 30.0 Å². The SMILES string of the molecule is CCCCCOc1ccc(C(=O)N(CCCN2CCOCC2)c2nc3c(C)cccc3s2)cc1. The van der Waals surface area contributed by atoms with Gasteiger partial charge in [-0.3, -0.25) is 14.6 Å². The Hall–Kier alpha value is -2.48. The van der Waals surface area contributed by atoms with E-state index in [-0.39, 0.29) is 5.91 Å². The highest BCUT2D eigenvalue weighted by atomic mass is 32.1. The number of amides is 1. The van der Waals surface area contributed by atoms with Crippen molar-refractivity contribution >= 4 is 32.6 Å². The Morgan fingerprint density at radius 1 is 1.12 bits per heavy atom. The summed E-state index contributed by atoms with van der Waals surface area (Å²) in [6.45, 7) is 10.0. The fourth-order valence-corrected chi connectivity index (χ4v) is 5.21. The van der Waals surface area contributed by atoms with Crippen LogP contribution >= 0.6 is 11.3 Å². The lowest BCUT2D eigenvalue weighted by molar-refractivity contribution is 0.0376. The number of unbranched alkanes of at least 4 members (excludes halogenated alkanes) is 2. The van der Waals surface area contributed by atoms with Crippen LogP contribution in [0.3, 0.4) is 0 Å². The van der Waals surface area contributed by atoms with Crippen molar-refractivity contribution in [2.45, 2.75) is 39.5 Å². The molecule has 1 aliphatic heterocycles. The van der Waals surface area contributed by atoms with E-state index >= 15 is 0 Å². The second-order valence-electron chi connectivity index (χ2n) is 8.76. The average molecular weight is 482 g/mol. The molecule has 0 unspecified atom stereocenters. The lowest BCUT2D eigenvalue weighted by Crippen LogP contribution is -2.39. The topological polar surface area (TPSA) is 54.9 Å². The monoisotopic (exact) mass is 481 g/mol. The maximum Gasteiger partial charge on any atom is 0.260 e. The molecule has 1 aliphatic rings. The fourth-order valence-electron chi connectivity index (χ4n) is 4.14. The van der Waals surface area contributed by atoms with Crippen molar-refractivity contribution in [3.05, 3.63) is 53.6 Å². The molecule has 2 heterocycles. The third-order valence-corrected chi connectivity index (χ3v) is 7.21. The van der Waals surface area contributed by atoms with E-state index in [1.165, 1.54) is 6.42 Å². The largest absolute Gasteiger partial charge is 0.494 e. The Morgan fingerprint density at radius 3 is 2.65 bits per heavy atom. The molecule has 0 N–H and O–H groups in total. The van der Waals surface area contributed by atoms with E-state index in [0.29, 0.717) is 18.7 Å². The molecule has 1 fully saturated rings. The number of aryl methyl sites for hydroxylation is 1. The number of nitrogens with zero attached hydrogens (tertiary/aromatic N) is 3. The molecule has 3 aromatic rings. The first-order chi connectivity index (χ1) is 16.7. The molecule has 0 bridgehead atoms. The van der Waals surface area contributed by atoms with Crippen LogP contribution in [-0.2, 0) is 4.74 Å². The second kappa shape index (κ2) is 12.3. The molecule has 1 amide bonds. The van der Waals surface area contributed by atoms with Gasteiger partial charge in [0, 0.05) is 31.7 Å². The zero-order valence-corrected chi connectivity index (χ0v) is 21.1. The van der Waals surface area contributed by atoms with Crippen molar-refractivity contribution in [3.63, 3.8) is 0 Å². The first kappa shape index (κ1) is 24.6. The van der Waals surface area contributed by atoms with Crippen LogP contribution in [0.1, 0.15) is 48.5 Å². The summed E-state index contributed by atoms with van der Waals surface area (Å²) in [5.74, 6) is 0.790. The van der Waals surface area contributed by atoms with Crippen LogP contribution in [-0.4, -0.2) is 61.8 Å². The van der Waals surface area contributed by atoms with Crippen LogP contribution in [0, 0.1) is 6.92 Å². The average Bonchev–Trinajstić information content (AvgIpc) is 3.31. The molecule has 0 atom stereocenters. The number of benzene rings is 2. The van der Waals surface area contributed by atoms with Crippen molar-refractivity contribution in [3.8, 4) is 5.75 Å². The van der Waals surface area contributed by atoms with Gasteiger partial charge in [0.25, 0.3) is 5.91 Å². The summed E-state index contributed by atoms with van der Waals surface area (Å²) in [5, 5.41) is 0.760. The van der Waals surface area contributed by atoms with E-state index < -0.39 is 0 Å². The number of hydrogen-bond donors (Lipinski definition) is 0. The van der Waals surface area contributed by atoms with Crippen LogP contribution in [0.25, 0.3) is 10.2 Å². The van der Waals surface area contributed by atoms with Gasteiger partial charge in [-0.1, -0.05) is 43.2 Å². The first-order valence-electron chi connectivity index (χ1n) is 12.4. The smallest absolute Gasteiger partial charge is 0.260 e. The molecule has 0 aliphatic carbocycles. The lowest BCUT2D eigenvalue weighted by atomic mass is 10.2. The number of morpholine rings is 1. The summed E-state index contributed by atoms with van der Waals surface area (Å²) >= 11 is 1.58. The Morgan fingerprint density at radius 2 is 1.91 bits per heavy atom. The molecule has 0 spiro atoms. The quantitative estimate of drug-likeness (QED) is 0.337. The minimum Gasteiger partial charge on any atom is -0.494 e. The molecule has 4 rings (SSSR count). The summed E-state index contributed by atoms with van der Waals surface area (Å²) in [6, 6.07) is 13.7. The standard InChI is InChI=1S/C27H35N3O3S/c1-3-4-5-18-33-23-12-10-22(11-13-23)26(31)30(15-7-14-29-16-19-32-20-17-29)27-28-25-21(2)8-6-9-24(25)34-27/h6,8-13H,3-5,7,14-20H2,1-2H3. The minimum atomic E-state index is -0.0174. The number of hydrogen-bond acceptors (Lipinski definition) is 6. The van der Waals surface area contributed by atoms with Crippen LogP contribution in [0.5, 0.6) is 5.75 Å². The van der Waals surface area contributed by atoms with Crippen molar-refractivity contribution in [1.82, 2.24) is 9.88 Å². The summed E-state index contributed by atoms with van der Waals surface area (Å²) in [6.07, 6.45) is 4.27. The number of ether oxygens (including phenoxy) is 2. The Balaban J connectivity index is 1.49. The second-order valence-corrected chi connectivity index (χ2v) is 9.77. The number of anilines is 1. The van der Waals surface area contributed by atoms with E-state index in [1.54, 1.807) is 11.3 Å². The van der Waals surface area contributed by atoms with Gasteiger partial charge < -0.3 is 9.47 Å². The molecule has 6 nitrogen and oxygen atoms in total. The summed E-state index contributed by atoms with van der Waals surface area (Å²) in [4.78, 5) is 22.7. The molecular formula is C27H35N3O3S. The number of carbonyl (C=O) groups is 1. The number of rotatable bonds is 11. The number of para-hydroxylation sites is 1. The van der Waals surface area contributed by atoms with Gasteiger partial charge in [-0.05, 0) is 55.7 Å². The summed E-state index contributed by atoms with van der Waals surface area (Å²) < 4.78 is 12.4. The summed E-state index contributed by atoms with van der Waals surface area (Å²) in [5.41, 5.74) is 2.76. The molecular weight excluding hydrogens is 446 g/mol. The normalized spacial score (nSPS) is 14.4. The third-order valence-electron chi connectivity index (χ3n) is 6.16. The van der Waals surface area contributed by atoms with Gasteiger partial charge in [0.2, 0.25) is 0 Å². The predicted molar refractivity (Wildman–Crippen MR) is 139 cm³/mol. The molecule has 2 aromatic carbocycles. The molecule has 0 saturated carbocycles. The predicted octanol–water partition coefficient (Wildman–Crippen LogP) is 5.54. The van der Waals surface area contributed by atoms with E-state index in [2.05, 4.69) is 30.9 Å². The van der Waals surface area contributed by atoms with Crippen molar-refractivity contribution in [2.75, 3.05) is 50.9 Å². The van der Waals surface area contributed by atoms with Gasteiger partial charge >= 0.3 is 0 Å². The van der Waals surface area contributed by atoms with E-state index in [4.69, 9.17) is 14.5 Å². The van der Waals surface area contributed by atoms with Crippen molar-refractivity contribution in [1.29, 1.82) is 0 Å². The summed E-state index contributed by atoms with van der Waals surface area (Å²) in [7, 11) is 0. The molecule has 1 aromatic heterocycles. The zero-order chi connectivity index (χ0) is 23.8. The Bertz CT molecular complexity index is 1060. The number of thiazole rings is 1. The minimum absolute atomic E-state index is 0.0174. The van der Waals surface area contributed by atoms with Gasteiger partial charge in [-0.2, -0.15) is 0 Å². The number of aromatic nitrogens is 1. The maximum atomic E-state index is 13.6. The Kier molecular flexibility index (Phi) is 8.91. The van der Waals surface area contributed by atoms with Crippen molar-refractivity contribution in [2.24, 2.45) is 0 Å². The van der Waals surface area contributed by atoms with Crippen molar-refractivity contribution < 1.29 is 14.3 Å². The van der Waals surface area contributed by atoms with Crippen LogP contribution in [0.2, 0.25) is 0 Å². The van der Waals surface area contributed by atoms with E-state index in [9.17, 15) is 4.79 Å². The van der Waals surface area contributed by atoms with Crippen LogP contribution in [0.4, 0.5) is 5.13 Å². The molecule has 0 radical (unpaired) electrons. The lowest BCUT2D eigenvalue weighted by Gasteiger charge is -2.27. The van der Waals surface area contributed by atoms with Gasteiger partial charge in [-0.25, -0.2) is 4.98 Å². The molecule has 182 valence electrons. The van der Waals surface area contributed by atoms with Gasteiger partial charge in [0.1, 0.15) is 5.75 Å². The van der Waals surface area contributed by atoms with Gasteiger partial charge in [0.15, 0.2) is 5.13 Å². The number of carbonyl (C=O) groups excluding carboxylic acids is 1. The molecule has 7 heteroatoms. The van der Waals surface area contributed by atoms with Crippen LogP contribution in [0.15, 0.2) is 42.5 Å². The van der Waals surface area contributed by atoms with E-state index in [1.807, 2.05) is 35.2 Å². The molecule has 1 saturated heterocycles. The van der Waals surface area contributed by atoms with Gasteiger partial charge in [-0.15, -0.1) is 0 Å². The van der Waals surface area contributed by atoms with E-state index in [0.717, 1.165) is 78.8 Å². The number of fused-ring (bicyclic) bond motifs is 1. The first-order valence-corrected chi connectivity index (χ1v) is 13.2. The fraction of sp³-hybridized carbons (Fsp3) is 0.481. The zero-order valence-electron chi connectivity index (χ0n) is 20.3. The van der Waals surface area contributed by atoms with Crippen LogP contribution < -0.4 is 9.64 Å². The maximum absolute atomic E-state index is 13.6. The highest BCUT2D eigenvalue weighted by Gasteiger charge is 2.22. The third kappa shape index (κ3) is 6.34. The Labute approximate surface area is 206 Å². The highest BCUT2D eigenvalue weighted by molar-refractivity contribution is 7.22. The highest BCUT2D eigenvalue weighted by Crippen LogP contribution is 2.31.